The van der Waals surface area contributed by atoms with E-state index in [4.69, 9.17) is 0 Å². The van der Waals surface area contributed by atoms with Crippen molar-refractivity contribution in [3.05, 3.63) is 152 Å². The smallest absolute Gasteiger partial charge is 0.321 e. The molecule has 3 nitrogen and oxygen atoms in total. The number of hydrogen-bond donors (Lipinski definition) is 1. The summed E-state index contributed by atoms with van der Waals surface area (Å²) < 4.78 is 0. The van der Waals surface area contributed by atoms with Crippen molar-refractivity contribution in [2.45, 2.75) is 11.3 Å². The van der Waals surface area contributed by atoms with Crippen molar-refractivity contribution >= 4 is 48.8 Å². The second-order valence-corrected chi connectivity index (χ2v) is 14.8. The van der Waals surface area contributed by atoms with E-state index in [1.54, 1.807) is 0 Å². The minimum absolute atomic E-state index is 0.0224. The van der Waals surface area contributed by atoms with E-state index in [9.17, 15) is 4.79 Å². The van der Waals surface area contributed by atoms with Crippen LogP contribution in [0.15, 0.2) is 152 Å². The van der Waals surface area contributed by atoms with Gasteiger partial charge < -0.3 is 10.2 Å². The van der Waals surface area contributed by atoms with Gasteiger partial charge in [0.25, 0.3) is 0 Å². The highest BCUT2D eigenvalue weighted by Crippen LogP contribution is 2.54. The molecule has 1 aliphatic rings. The van der Waals surface area contributed by atoms with Crippen molar-refractivity contribution in [2.24, 2.45) is 0 Å². The lowest BCUT2D eigenvalue weighted by Gasteiger charge is -2.34. The fraction of sp³-hybridized carbons (Fsp3) is 0.114. The summed E-state index contributed by atoms with van der Waals surface area (Å²) in [6.07, 6.45) is 0. The van der Waals surface area contributed by atoms with Gasteiger partial charge in [0.2, 0.25) is 0 Å². The molecule has 0 bridgehead atoms. The minimum Gasteiger partial charge on any atom is -0.323 e. The summed E-state index contributed by atoms with van der Waals surface area (Å²) in [7, 11) is -1.44. The van der Waals surface area contributed by atoms with E-state index in [0.717, 1.165) is 18.8 Å². The highest BCUT2D eigenvalue weighted by Gasteiger charge is 2.45. The molecule has 1 heterocycles. The van der Waals surface area contributed by atoms with Gasteiger partial charge in [-0.2, -0.15) is 0 Å². The SMILES string of the molecule is O=C(Nc1ccccc1)N1CC(P(c2ccccc2)c2ccccc2)C(P(c2ccccc2)c2ccccc2)C1. The summed E-state index contributed by atoms with van der Waals surface area (Å²) in [5.74, 6) is 0. The first-order valence-electron chi connectivity index (χ1n) is 13.7. The first-order valence-corrected chi connectivity index (χ1v) is 16.5. The zero-order valence-electron chi connectivity index (χ0n) is 22.3. The molecule has 0 radical (unpaired) electrons. The van der Waals surface area contributed by atoms with Crippen LogP contribution in [0.3, 0.4) is 0 Å². The van der Waals surface area contributed by atoms with Gasteiger partial charge in [0.1, 0.15) is 0 Å². The van der Waals surface area contributed by atoms with Crippen LogP contribution in [0.2, 0.25) is 0 Å². The number of urea groups is 1. The maximum atomic E-state index is 13.7. The number of anilines is 1. The number of carbonyl (C=O) groups excluding carboxylic acids is 1. The number of nitrogens with one attached hydrogen (secondary N) is 1. The van der Waals surface area contributed by atoms with Crippen LogP contribution in [0.1, 0.15) is 0 Å². The van der Waals surface area contributed by atoms with Crippen molar-refractivity contribution in [3.8, 4) is 0 Å². The van der Waals surface area contributed by atoms with Crippen molar-refractivity contribution < 1.29 is 4.79 Å². The Hall–Kier alpha value is -3.77. The quantitative estimate of drug-likeness (QED) is 0.226. The van der Waals surface area contributed by atoms with Gasteiger partial charge in [-0.05, 0) is 49.2 Å². The lowest BCUT2D eigenvalue weighted by atomic mass is 10.3. The first-order chi connectivity index (χ1) is 19.8. The molecule has 0 spiro atoms. The van der Waals surface area contributed by atoms with E-state index in [2.05, 4.69) is 132 Å². The highest BCUT2D eigenvalue weighted by atomic mass is 31.1. The molecule has 1 aliphatic heterocycles. The van der Waals surface area contributed by atoms with Gasteiger partial charge in [0.15, 0.2) is 0 Å². The predicted octanol–water partition coefficient (Wildman–Crippen LogP) is 6.54. The van der Waals surface area contributed by atoms with Crippen LogP contribution in [0.25, 0.3) is 0 Å². The first kappa shape index (κ1) is 26.5. The summed E-state index contributed by atoms with van der Waals surface area (Å²) in [5.41, 5.74) is 1.43. The Morgan fingerprint density at radius 2 is 0.800 bits per heavy atom. The number of para-hydroxylation sites is 1. The maximum Gasteiger partial charge on any atom is 0.321 e. The molecule has 5 aromatic carbocycles. The monoisotopic (exact) mass is 558 g/mol. The summed E-state index contributed by atoms with van der Waals surface area (Å²) in [5, 5.41) is 8.61. The highest BCUT2D eigenvalue weighted by molar-refractivity contribution is 7.77. The van der Waals surface area contributed by atoms with Crippen LogP contribution in [-0.2, 0) is 0 Å². The molecule has 198 valence electrons. The summed E-state index contributed by atoms with van der Waals surface area (Å²) in [4.78, 5) is 15.8. The van der Waals surface area contributed by atoms with Crippen molar-refractivity contribution in [3.63, 3.8) is 0 Å². The Balaban J connectivity index is 1.45. The topological polar surface area (TPSA) is 32.3 Å². The van der Waals surface area contributed by atoms with Crippen LogP contribution in [0.5, 0.6) is 0 Å². The molecule has 1 fully saturated rings. The molecule has 6 rings (SSSR count). The van der Waals surface area contributed by atoms with E-state index in [-0.39, 0.29) is 6.03 Å². The molecule has 2 unspecified atom stereocenters. The summed E-state index contributed by atoms with van der Waals surface area (Å²) in [6.45, 7) is 1.44. The van der Waals surface area contributed by atoms with E-state index in [0.29, 0.717) is 11.3 Å². The van der Waals surface area contributed by atoms with Crippen LogP contribution >= 0.6 is 15.8 Å². The largest absolute Gasteiger partial charge is 0.323 e. The molecule has 5 aromatic rings. The Bertz CT molecular complexity index is 1330. The lowest BCUT2D eigenvalue weighted by Crippen LogP contribution is -2.34. The summed E-state index contributed by atoms with van der Waals surface area (Å²) >= 11 is 0. The second kappa shape index (κ2) is 12.6. The van der Waals surface area contributed by atoms with E-state index >= 15 is 0 Å². The third-order valence-corrected chi connectivity index (χ3v) is 13.4. The molecule has 0 saturated carbocycles. The molecule has 0 aromatic heterocycles. The minimum atomic E-state index is -0.721. The Kier molecular flexibility index (Phi) is 8.33. The number of nitrogens with zero attached hydrogens (tertiary/aromatic N) is 1. The van der Waals surface area contributed by atoms with Crippen LogP contribution in [-0.4, -0.2) is 35.3 Å². The fourth-order valence-corrected chi connectivity index (χ4v) is 12.1. The average molecular weight is 559 g/mol. The number of amides is 2. The number of rotatable bonds is 7. The Labute approximate surface area is 239 Å². The molecule has 1 N–H and O–H groups in total. The molecule has 1 saturated heterocycles. The van der Waals surface area contributed by atoms with Gasteiger partial charge >= 0.3 is 6.03 Å². The zero-order valence-corrected chi connectivity index (χ0v) is 24.0. The molecule has 5 heteroatoms. The van der Waals surface area contributed by atoms with Crippen LogP contribution in [0, 0.1) is 0 Å². The summed E-state index contributed by atoms with van der Waals surface area (Å²) in [6, 6.07) is 53.5. The normalized spacial score (nSPS) is 16.8. The van der Waals surface area contributed by atoms with Gasteiger partial charge in [0.05, 0.1) is 0 Å². The molecule has 2 amide bonds. The van der Waals surface area contributed by atoms with Gasteiger partial charge in [-0.1, -0.05) is 140 Å². The number of likely N-dealkylation sites (tertiary alicyclic amines) is 1. The van der Waals surface area contributed by atoms with E-state index in [1.165, 1.54) is 21.2 Å². The van der Waals surface area contributed by atoms with Crippen molar-refractivity contribution in [2.75, 3.05) is 18.4 Å². The van der Waals surface area contributed by atoms with Crippen LogP contribution < -0.4 is 26.5 Å². The third-order valence-electron chi connectivity index (χ3n) is 7.37. The van der Waals surface area contributed by atoms with Gasteiger partial charge in [-0.25, -0.2) is 4.79 Å². The second-order valence-electron chi connectivity index (χ2n) is 9.92. The van der Waals surface area contributed by atoms with E-state index < -0.39 is 15.8 Å². The molecular weight excluding hydrogens is 526 g/mol. The standard InChI is InChI=1S/C35H32N2OP2/c38-35(36-28-16-6-1-7-17-28)37-26-33(39(29-18-8-2-9-19-29)30-20-10-3-11-21-30)34(27-37)40(31-22-12-4-13-23-31)32-24-14-5-15-25-32/h1-25,33-34H,26-27H2,(H,36,38). The van der Waals surface area contributed by atoms with E-state index in [1.807, 2.05) is 30.3 Å². The number of hydrogen-bond acceptors (Lipinski definition) is 1. The maximum absolute atomic E-state index is 13.7. The number of carbonyl (C=O) groups is 1. The lowest BCUT2D eigenvalue weighted by molar-refractivity contribution is 0.223. The molecule has 0 aliphatic carbocycles. The average Bonchev–Trinajstić information content (AvgIpc) is 3.44. The number of benzene rings is 5. The predicted molar refractivity (Wildman–Crippen MR) is 173 cm³/mol. The molecular formula is C35H32N2OP2. The van der Waals surface area contributed by atoms with Gasteiger partial charge in [-0.3, -0.25) is 0 Å². The van der Waals surface area contributed by atoms with Gasteiger partial charge in [-0.15, -0.1) is 0 Å². The van der Waals surface area contributed by atoms with Gasteiger partial charge in [0, 0.05) is 30.1 Å². The zero-order chi connectivity index (χ0) is 27.1. The Morgan fingerprint density at radius 1 is 0.500 bits per heavy atom. The Morgan fingerprint density at radius 3 is 1.12 bits per heavy atom. The third kappa shape index (κ3) is 5.87. The molecule has 2 atom stereocenters. The van der Waals surface area contributed by atoms with Crippen molar-refractivity contribution in [1.82, 2.24) is 4.90 Å². The van der Waals surface area contributed by atoms with Crippen LogP contribution in [0.4, 0.5) is 10.5 Å². The molecule has 40 heavy (non-hydrogen) atoms. The van der Waals surface area contributed by atoms with Crippen molar-refractivity contribution in [1.29, 1.82) is 0 Å². The fourth-order valence-electron chi connectivity index (χ4n) is 5.59.